The summed E-state index contributed by atoms with van der Waals surface area (Å²) in [5.74, 6) is 0. The summed E-state index contributed by atoms with van der Waals surface area (Å²) < 4.78 is 26.1. The van der Waals surface area contributed by atoms with Gasteiger partial charge in [0.05, 0.1) is 6.20 Å². The van der Waals surface area contributed by atoms with Gasteiger partial charge >= 0.3 is 0 Å². The molecule has 0 radical (unpaired) electrons. The lowest BCUT2D eigenvalue weighted by atomic mass is 10.0. The fourth-order valence-corrected chi connectivity index (χ4v) is 2.38. The van der Waals surface area contributed by atoms with E-state index in [0.29, 0.717) is 0 Å². The number of halogens is 1. The van der Waals surface area contributed by atoms with E-state index in [-0.39, 0.29) is 10.3 Å². The maximum absolute atomic E-state index is 11.8. The highest BCUT2D eigenvalue weighted by atomic mass is 35.5. The number of aromatic nitrogens is 2. The third-order valence-electron chi connectivity index (χ3n) is 2.18. The second-order valence-electron chi connectivity index (χ2n) is 3.88. The predicted octanol–water partition coefficient (Wildman–Crippen LogP) is 1.09. The van der Waals surface area contributed by atoms with Crippen molar-refractivity contribution in [2.75, 3.05) is 0 Å². The molecule has 1 unspecified atom stereocenters. The Morgan fingerprint density at radius 2 is 2.20 bits per heavy atom. The van der Waals surface area contributed by atoms with Crippen LogP contribution in [-0.4, -0.2) is 29.5 Å². The Kier molecular flexibility index (Phi) is 3.42. The van der Waals surface area contributed by atoms with Gasteiger partial charge in [0.1, 0.15) is 4.90 Å². The van der Waals surface area contributed by atoms with Crippen LogP contribution in [-0.2, 0) is 10.0 Å². The van der Waals surface area contributed by atoms with Gasteiger partial charge in [-0.3, -0.25) is 5.10 Å². The number of rotatable bonds is 4. The first kappa shape index (κ1) is 12.5. The summed E-state index contributed by atoms with van der Waals surface area (Å²) in [6, 6.07) is 0. The van der Waals surface area contributed by atoms with E-state index in [1.165, 1.54) is 12.4 Å². The van der Waals surface area contributed by atoms with E-state index in [9.17, 15) is 8.42 Å². The largest absolute Gasteiger partial charge is 0.284 e. The first-order chi connectivity index (χ1) is 6.76. The Morgan fingerprint density at radius 1 is 1.60 bits per heavy atom. The van der Waals surface area contributed by atoms with E-state index in [4.69, 9.17) is 11.6 Å². The number of hydrogen-bond donors (Lipinski definition) is 2. The molecule has 0 aliphatic rings. The average molecular weight is 252 g/mol. The molecule has 0 saturated carbocycles. The van der Waals surface area contributed by atoms with Gasteiger partial charge in [0.15, 0.2) is 0 Å². The Hall–Kier alpha value is -0.590. The third-order valence-corrected chi connectivity index (χ3v) is 4.36. The van der Waals surface area contributed by atoms with E-state index in [2.05, 4.69) is 14.9 Å². The van der Waals surface area contributed by atoms with Crippen molar-refractivity contribution in [2.45, 2.75) is 36.6 Å². The van der Waals surface area contributed by atoms with E-state index in [1.54, 1.807) is 20.8 Å². The Labute approximate surface area is 94.3 Å². The van der Waals surface area contributed by atoms with Gasteiger partial charge in [-0.25, -0.2) is 13.1 Å². The molecule has 1 rings (SSSR count). The summed E-state index contributed by atoms with van der Waals surface area (Å²) in [5.41, 5.74) is -0.711. The number of alkyl halides is 1. The molecule has 1 heterocycles. The molecule has 7 heteroatoms. The number of sulfonamides is 1. The molecule has 0 aliphatic carbocycles. The molecule has 2 N–H and O–H groups in total. The van der Waals surface area contributed by atoms with E-state index in [0.717, 1.165) is 0 Å². The molecule has 15 heavy (non-hydrogen) atoms. The number of aromatic amines is 1. The van der Waals surface area contributed by atoms with Gasteiger partial charge < -0.3 is 0 Å². The van der Waals surface area contributed by atoms with Gasteiger partial charge in [-0.05, 0) is 20.8 Å². The number of hydrogen-bond acceptors (Lipinski definition) is 3. The highest BCUT2D eigenvalue weighted by Gasteiger charge is 2.30. The van der Waals surface area contributed by atoms with Crippen molar-refractivity contribution < 1.29 is 8.42 Å². The zero-order valence-electron chi connectivity index (χ0n) is 8.78. The zero-order valence-corrected chi connectivity index (χ0v) is 10.4. The molecule has 0 saturated heterocycles. The van der Waals surface area contributed by atoms with Crippen molar-refractivity contribution in [2.24, 2.45) is 0 Å². The van der Waals surface area contributed by atoms with Crippen molar-refractivity contribution in [3.63, 3.8) is 0 Å². The first-order valence-corrected chi connectivity index (χ1v) is 6.34. The zero-order chi connectivity index (χ0) is 11.7. The number of nitrogens with zero attached hydrogens (tertiary/aromatic N) is 1. The third kappa shape index (κ3) is 2.93. The molecule has 5 nitrogen and oxygen atoms in total. The molecule has 0 spiro atoms. The van der Waals surface area contributed by atoms with Gasteiger partial charge in [0, 0.05) is 17.1 Å². The van der Waals surface area contributed by atoms with Crippen molar-refractivity contribution in [1.82, 2.24) is 14.9 Å². The van der Waals surface area contributed by atoms with Crippen LogP contribution in [0.4, 0.5) is 0 Å². The first-order valence-electron chi connectivity index (χ1n) is 4.42. The monoisotopic (exact) mass is 251 g/mol. The van der Waals surface area contributed by atoms with Crippen molar-refractivity contribution >= 4 is 21.6 Å². The normalized spacial score (nSPS) is 15.2. The second-order valence-corrected chi connectivity index (χ2v) is 6.21. The van der Waals surface area contributed by atoms with Crippen molar-refractivity contribution in [3.8, 4) is 0 Å². The van der Waals surface area contributed by atoms with Crippen LogP contribution < -0.4 is 4.72 Å². The van der Waals surface area contributed by atoms with Crippen LogP contribution >= 0.6 is 11.6 Å². The van der Waals surface area contributed by atoms with Gasteiger partial charge in [-0.1, -0.05) is 0 Å². The van der Waals surface area contributed by atoms with Crippen LogP contribution in [0.25, 0.3) is 0 Å². The van der Waals surface area contributed by atoms with Crippen LogP contribution in [0.3, 0.4) is 0 Å². The molecule has 0 aromatic carbocycles. The molecule has 1 aromatic heterocycles. The van der Waals surface area contributed by atoms with Crippen molar-refractivity contribution in [3.05, 3.63) is 12.4 Å². The van der Waals surface area contributed by atoms with E-state index >= 15 is 0 Å². The summed E-state index contributed by atoms with van der Waals surface area (Å²) in [4.78, 5) is 0.105. The van der Waals surface area contributed by atoms with Crippen LogP contribution in [0, 0.1) is 0 Å². The molecule has 1 atom stereocenters. The molecule has 0 aliphatic heterocycles. The molecule has 0 fully saturated rings. The lowest BCUT2D eigenvalue weighted by Crippen LogP contribution is -2.48. The van der Waals surface area contributed by atoms with Crippen LogP contribution in [0.2, 0.25) is 0 Å². The quantitative estimate of drug-likeness (QED) is 0.787. The van der Waals surface area contributed by atoms with Crippen LogP contribution in [0.1, 0.15) is 20.8 Å². The SMILES string of the molecule is CC(Cl)C(C)(C)NS(=O)(=O)c1cn[nH]c1. The predicted molar refractivity (Wildman–Crippen MR) is 58.3 cm³/mol. The van der Waals surface area contributed by atoms with Gasteiger partial charge in [0.2, 0.25) is 10.0 Å². The van der Waals surface area contributed by atoms with Gasteiger partial charge in [-0.15, -0.1) is 11.6 Å². The molecular formula is C8H14ClN3O2S. The second kappa shape index (κ2) is 4.11. The maximum Gasteiger partial charge on any atom is 0.244 e. The summed E-state index contributed by atoms with van der Waals surface area (Å²) >= 11 is 5.89. The van der Waals surface area contributed by atoms with E-state index < -0.39 is 15.6 Å². The van der Waals surface area contributed by atoms with Crippen LogP contribution in [0.5, 0.6) is 0 Å². The van der Waals surface area contributed by atoms with Gasteiger partial charge in [0.25, 0.3) is 0 Å². The Bertz CT molecular complexity index is 411. The smallest absolute Gasteiger partial charge is 0.244 e. The van der Waals surface area contributed by atoms with Crippen molar-refractivity contribution in [1.29, 1.82) is 0 Å². The lowest BCUT2D eigenvalue weighted by molar-refractivity contribution is 0.445. The summed E-state index contributed by atoms with van der Waals surface area (Å²) in [7, 11) is -3.55. The number of nitrogens with one attached hydrogen (secondary N) is 2. The highest BCUT2D eigenvalue weighted by Crippen LogP contribution is 2.18. The minimum Gasteiger partial charge on any atom is -0.284 e. The fraction of sp³-hybridized carbons (Fsp3) is 0.625. The topological polar surface area (TPSA) is 74.8 Å². The summed E-state index contributed by atoms with van der Waals surface area (Å²) in [5, 5.41) is 5.71. The minimum atomic E-state index is -3.55. The van der Waals surface area contributed by atoms with Crippen LogP contribution in [0.15, 0.2) is 17.3 Å². The fourth-order valence-electron chi connectivity index (χ4n) is 0.872. The molecule has 0 bridgehead atoms. The minimum absolute atomic E-state index is 0.105. The lowest BCUT2D eigenvalue weighted by Gasteiger charge is -2.28. The average Bonchev–Trinajstić information content (AvgIpc) is 2.53. The van der Waals surface area contributed by atoms with E-state index in [1.807, 2.05) is 0 Å². The highest BCUT2D eigenvalue weighted by molar-refractivity contribution is 7.89. The molecular weight excluding hydrogens is 238 g/mol. The Morgan fingerprint density at radius 3 is 2.60 bits per heavy atom. The molecule has 0 amide bonds. The number of H-pyrrole nitrogens is 1. The molecule has 86 valence electrons. The summed E-state index contributed by atoms with van der Waals surface area (Å²) in [6.45, 7) is 5.18. The maximum atomic E-state index is 11.8. The van der Waals surface area contributed by atoms with Gasteiger partial charge in [-0.2, -0.15) is 5.10 Å². The standard InChI is InChI=1S/C8H14ClN3O2S/c1-6(9)8(2,3)12-15(13,14)7-4-10-11-5-7/h4-6,12H,1-3H3,(H,10,11). The summed E-state index contributed by atoms with van der Waals surface area (Å²) in [6.07, 6.45) is 2.56. The Balaban J connectivity index is 2.92. The molecule has 1 aromatic rings.